The molecular formula is C14H20N2O2S. The minimum atomic E-state index is -0.800. The predicted octanol–water partition coefficient (Wildman–Crippen LogP) is 2.93. The van der Waals surface area contributed by atoms with Crippen LogP contribution in [0.15, 0.2) is 5.38 Å². The first-order valence-electron chi connectivity index (χ1n) is 7.17. The van der Waals surface area contributed by atoms with Crippen LogP contribution in [0.3, 0.4) is 0 Å². The van der Waals surface area contributed by atoms with Crippen LogP contribution in [0, 0.1) is 5.92 Å². The quantitative estimate of drug-likeness (QED) is 0.925. The number of carboxylic acid groups (broad SMARTS) is 1. The van der Waals surface area contributed by atoms with E-state index in [0.717, 1.165) is 17.6 Å². The number of carboxylic acids is 1. The third kappa shape index (κ3) is 2.76. The van der Waals surface area contributed by atoms with Crippen LogP contribution < -0.4 is 4.90 Å². The van der Waals surface area contributed by atoms with Gasteiger partial charge in [0.15, 0.2) is 5.13 Å². The van der Waals surface area contributed by atoms with Crippen LogP contribution in [0.25, 0.3) is 0 Å². The molecule has 2 atom stereocenters. The maximum absolute atomic E-state index is 10.7. The lowest BCUT2D eigenvalue weighted by Crippen LogP contribution is -2.46. The fourth-order valence-corrected chi connectivity index (χ4v) is 4.44. The molecule has 2 heterocycles. The molecule has 0 aromatic carbocycles. The smallest absolute Gasteiger partial charge is 0.309 e. The summed E-state index contributed by atoms with van der Waals surface area (Å²) < 4.78 is 0. The van der Waals surface area contributed by atoms with E-state index in [0.29, 0.717) is 11.7 Å². The summed E-state index contributed by atoms with van der Waals surface area (Å²) >= 11 is 1.61. The molecule has 1 saturated carbocycles. The lowest BCUT2D eigenvalue weighted by molar-refractivity contribution is -0.136. The number of hydrogen-bond acceptors (Lipinski definition) is 4. The fraction of sp³-hybridized carbons (Fsp3) is 0.714. The zero-order valence-electron chi connectivity index (χ0n) is 11.0. The molecule has 0 spiro atoms. The van der Waals surface area contributed by atoms with Gasteiger partial charge in [0.2, 0.25) is 0 Å². The highest BCUT2D eigenvalue weighted by atomic mass is 32.1. The van der Waals surface area contributed by atoms with E-state index in [1.807, 2.05) is 5.38 Å². The molecule has 1 aliphatic carbocycles. The Balaban J connectivity index is 1.76. The van der Waals surface area contributed by atoms with Crippen LogP contribution >= 0.6 is 11.3 Å². The molecule has 2 fully saturated rings. The summed E-state index contributed by atoms with van der Waals surface area (Å²) in [6.07, 6.45) is 7.97. The molecule has 4 nitrogen and oxygen atoms in total. The maximum atomic E-state index is 10.7. The summed E-state index contributed by atoms with van der Waals surface area (Å²) in [6, 6.07) is 0.645. The molecule has 2 aliphatic rings. The summed E-state index contributed by atoms with van der Waals surface area (Å²) in [6.45, 7) is 1.08. The SMILES string of the molecule is O=C(O)Cc1csc(N2CCC[C@H]3CCCC[C@H]32)n1. The molecule has 0 bridgehead atoms. The van der Waals surface area contributed by atoms with Crippen molar-refractivity contribution in [1.82, 2.24) is 4.98 Å². The molecule has 1 saturated heterocycles. The highest BCUT2D eigenvalue weighted by Gasteiger charge is 2.34. The van der Waals surface area contributed by atoms with Crippen LogP contribution in [0.4, 0.5) is 5.13 Å². The Labute approximate surface area is 117 Å². The third-order valence-electron chi connectivity index (χ3n) is 4.36. The van der Waals surface area contributed by atoms with Crippen molar-refractivity contribution in [3.8, 4) is 0 Å². The Kier molecular flexibility index (Phi) is 3.73. The normalized spacial score (nSPS) is 27.1. The Morgan fingerprint density at radius 3 is 3.00 bits per heavy atom. The monoisotopic (exact) mass is 280 g/mol. The van der Waals surface area contributed by atoms with Crippen molar-refractivity contribution in [3.05, 3.63) is 11.1 Å². The number of aromatic nitrogens is 1. The van der Waals surface area contributed by atoms with E-state index in [4.69, 9.17) is 5.11 Å². The Bertz CT molecular complexity index is 458. The number of hydrogen-bond donors (Lipinski definition) is 1. The summed E-state index contributed by atoms with van der Waals surface area (Å²) in [7, 11) is 0. The Morgan fingerprint density at radius 2 is 2.16 bits per heavy atom. The number of anilines is 1. The number of piperidine rings is 1. The first-order chi connectivity index (χ1) is 9.24. The second-order valence-electron chi connectivity index (χ2n) is 5.64. The van der Waals surface area contributed by atoms with Crippen molar-refractivity contribution < 1.29 is 9.90 Å². The van der Waals surface area contributed by atoms with Crippen LogP contribution in [0.2, 0.25) is 0 Å². The molecule has 19 heavy (non-hydrogen) atoms. The molecule has 1 aromatic rings. The summed E-state index contributed by atoms with van der Waals surface area (Å²) in [5.41, 5.74) is 0.699. The van der Waals surface area contributed by atoms with Crippen molar-refractivity contribution in [2.24, 2.45) is 5.92 Å². The van der Waals surface area contributed by atoms with Gasteiger partial charge in [0.1, 0.15) is 0 Å². The molecule has 1 aliphatic heterocycles. The minimum Gasteiger partial charge on any atom is -0.481 e. The van der Waals surface area contributed by atoms with Crippen LogP contribution in [0.1, 0.15) is 44.2 Å². The molecule has 1 N–H and O–H groups in total. The first-order valence-corrected chi connectivity index (χ1v) is 8.05. The summed E-state index contributed by atoms with van der Waals surface area (Å²) in [5, 5.41) is 11.8. The zero-order valence-corrected chi connectivity index (χ0v) is 11.9. The Morgan fingerprint density at radius 1 is 1.37 bits per heavy atom. The number of nitrogens with zero attached hydrogens (tertiary/aromatic N) is 2. The molecule has 0 unspecified atom stereocenters. The van der Waals surface area contributed by atoms with Gasteiger partial charge in [0, 0.05) is 18.0 Å². The Hall–Kier alpha value is -1.10. The average molecular weight is 280 g/mol. The van der Waals surface area contributed by atoms with E-state index < -0.39 is 5.97 Å². The van der Waals surface area contributed by atoms with Gasteiger partial charge in [-0.3, -0.25) is 4.79 Å². The minimum absolute atomic E-state index is 0.0401. The van der Waals surface area contributed by atoms with E-state index >= 15 is 0 Å². The molecule has 5 heteroatoms. The lowest BCUT2D eigenvalue weighted by atomic mass is 9.78. The van der Waals surface area contributed by atoms with Crippen LogP contribution in [0.5, 0.6) is 0 Å². The number of aliphatic carboxylic acids is 1. The van der Waals surface area contributed by atoms with E-state index in [1.54, 1.807) is 11.3 Å². The molecule has 104 valence electrons. The first kappa shape index (κ1) is 12.9. The standard InChI is InChI=1S/C14H20N2O2S/c17-13(18)8-11-9-19-14(15-11)16-7-3-5-10-4-1-2-6-12(10)16/h9-10,12H,1-8H2,(H,17,18)/t10-,12-/m1/s1. The van der Waals surface area contributed by atoms with Crippen LogP contribution in [-0.2, 0) is 11.2 Å². The van der Waals surface area contributed by atoms with Crippen molar-refractivity contribution >= 4 is 22.4 Å². The van der Waals surface area contributed by atoms with E-state index in [2.05, 4.69) is 9.88 Å². The van der Waals surface area contributed by atoms with Gasteiger partial charge in [-0.05, 0) is 31.6 Å². The van der Waals surface area contributed by atoms with Gasteiger partial charge in [-0.1, -0.05) is 12.8 Å². The van der Waals surface area contributed by atoms with Crippen LogP contribution in [-0.4, -0.2) is 28.6 Å². The predicted molar refractivity (Wildman–Crippen MR) is 75.8 cm³/mol. The molecule has 0 radical (unpaired) electrons. The number of thiazole rings is 1. The highest BCUT2D eigenvalue weighted by Crippen LogP contribution is 2.38. The molecule has 1 aromatic heterocycles. The molecule has 0 amide bonds. The van der Waals surface area contributed by atoms with E-state index in [-0.39, 0.29) is 6.42 Å². The van der Waals surface area contributed by atoms with Crippen molar-refractivity contribution in [2.45, 2.75) is 51.0 Å². The number of carbonyl (C=O) groups is 1. The topological polar surface area (TPSA) is 53.4 Å². The zero-order chi connectivity index (χ0) is 13.2. The van der Waals surface area contributed by atoms with Crippen molar-refractivity contribution in [2.75, 3.05) is 11.4 Å². The summed E-state index contributed by atoms with van der Waals surface area (Å²) in [4.78, 5) is 17.7. The van der Waals surface area contributed by atoms with Gasteiger partial charge >= 0.3 is 5.97 Å². The van der Waals surface area contributed by atoms with Gasteiger partial charge in [-0.25, -0.2) is 4.98 Å². The average Bonchev–Trinajstić information content (AvgIpc) is 2.85. The summed E-state index contributed by atoms with van der Waals surface area (Å²) in [5.74, 6) is 0.0281. The van der Waals surface area contributed by atoms with Gasteiger partial charge in [0.05, 0.1) is 12.1 Å². The molecule has 3 rings (SSSR count). The van der Waals surface area contributed by atoms with Gasteiger partial charge in [0.25, 0.3) is 0 Å². The van der Waals surface area contributed by atoms with Gasteiger partial charge < -0.3 is 10.0 Å². The highest BCUT2D eigenvalue weighted by molar-refractivity contribution is 7.13. The lowest BCUT2D eigenvalue weighted by Gasteiger charge is -2.44. The van der Waals surface area contributed by atoms with Crippen molar-refractivity contribution in [3.63, 3.8) is 0 Å². The van der Waals surface area contributed by atoms with Gasteiger partial charge in [-0.2, -0.15) is 0 Å². The second kappa shape index (κ2) is 5.49. The van der Waals surface area contributed by atoms with Crippen molar-refractivity contribution in [1.29, 1.82) is 0 Å². The fourth-order valence-electron chi connectivity index (χ4n) is 3.53. The largest absolute Gasteiger partial charge is 0.481 e. The van der Waals surface area contributed by atoms with Gasteiger partial charge in [-0.15, -0.1) is 11.3 Å². The van der Waals surface area contributed by atoms with E-state index in [1.165, 1.54) is 38.5 Å². The second-order valence-corrected chi connectivity index (χ2v) is 6.48. The maximum Gasteiger partial charge on any atom is 0.309 e. The molecular weight excluding hydrogens is 260 g/mol. The number of fused-ring (bicyclic) bond motifs is 1. The number of rotatable bonds is 3. The third-order valence-corrected chi connectivity index (χ3v) is 5.29. The van der Waals surface area contributed by atoms with E-state index in [9.17, 15) is 4.79 Å².